The number of benzene rings is 2. The molecule has 1 heterocycles. The Morgan fingerprint density at radius 3 is 2.44 bits per heavy atom. The number of hydrogen-bond donors (Lipinski definition) is 1. The molecule has 5 nitrogen and oxygen atoms in total. The topological polar surface area (TPSA) is 76.4 Å². The van der Waals surface area contributed by atoms with Crippen molar-refractivity contribution in [3.63, 3.8) is 0 Å². The molecule has 0 saturated heterocycles. The second-order valence-corrected chi connectivity index (χ2v) is 12.0. The molecule has 168 valence electrons. The number of carboxylic acid groups (broad SMARTS) is 1. The first-order valence-electron chi connectivity index (χ1n) is 10.6. The molecule has 0 spiro atoms. The number of carbonyl (C=O) groups is 1. The smallest absolute Gasteiger partial charge is 0.323 e. The molecule has 0 unspecified atom stereocenters. The summed E-state index contributed by atoms with van der Waals surface area (Å²) in [5.41, 5.74) is 3.21. The fraction of sp³-hybridized carbons (Fsp3) is 0.320. The fourth-order valence-electron chi connectivity index (χ4n) is 4.41. The first-order valence-corrected chi connectivity index (χ1v) is 12.9. The average molecular weight is 470 g/mol. The fourth-order valence-corrected chi connectivity index (χ4v) is 7.33. The second-order valence-electron chi connectivity index (χ2n) is 9.03. The lowest BCUT2D eigenvalue weighted by Crippen LogP contribution is -2.24. The molecule has 1 aliphatic carbocycles. The van der Waals surface area contributed by atoms with Gasteiger partial charge in [-0.25, -0.2) is 8.42 Å². The second kappa shape index (κ2) is 8.45. The number of aliphatic carboxylic acids is 1. The molecular formula is C25H27NO4S2. The van der Waals surface area contributed by atoms with Crippen LogP contribution in [0.2, 0.25) is 0 Å². The molecule has 0 fully saturated rings. The zero-order chi connectivity index (χ0) is 23.1. The molecular weight excluding hydrogens is 442 g/mol. The van der Waals surface area contributed by atoms with Crippen molar-refractivity contribution in [1.82, 2.24) is 4.57 Å². The van der Waals surface area contributed by atoms with E-state index in [9.17, 15) is 18.3 Å². The summed E-state index contributed by atoms with van der Waals surface area (Å²) in [6.45, 7) is 6.30. The molecule has 0 bridgehead atoms. The summed E-state index contributed by atoms with van der Waals surface area (Å²) in [6, 6.07) is 15.5. The van der Waals surface area contributed by atoms with Gasteiger partial charge in [-0.1, -0.05) is 55.9 Å². The minimum Gasteiger partial charge on any atom is -0.480 e. The van der Waals surface area contributed by atoms with E-state index >= 15 is 0 Å². The Morgan fingerprint density at radius 2 is 1.75 bits per heavy atom. The molecule has 1 aromatic heterocycles. The van der Waals surface area contributed by atoms with E-state index in [1.165, 1.54) is 11.8 Å². The van der Waals surface area contributed by atoms with Gasteiger partial charge in [-0.15, -0.1) is 0 Å². The highest BCUT2D eigenvalue weighted by molar-refractivity contribution is 8.00. The van der Waals surface area contributed by atoms with E-state index in [4.69, 9.17) is 0 Å². The minimum absolute atomic E-state index is 0.0842. The third kappa shape index (κ3) is 4.24. The number of nitrogens with zero attached hydrogens (tertiary/aromatic N) is 1. The van der Waals surface area contributed by atoms with E-state index < -0.39 is 15.8 Å². The van der Waals surface area contributed by atoms with Crippen molar-refractivity contribution in [1.29, 1.82) is 0 Å². The first kappa shape index (κ1) is 22.7. The van der Waals surface area contributed by atoms with Gasteiger partial charge < -0.3 is 9.67 Å². The highest BCUT2D eigenvalue weighted by Crippen LogP contribution is 2.45. The van der Waals surface area contributed by atoms with Crippen molar-refractivity contribution < 1.29 is 18.3 Å². The highest BCUT2D eigenvalue weighted by atomic mass is 32.2. The van der Waals surface area contributed by atoms with Crippen LogP contribution in [-0.4, -0.2) is 24.1 Å². The predicted octanol–water partition coefficient (Wildman–Crippen LogP) is 5.38. The summed E-state index contributed by atoms with van der Waals surface area (Å²) in [5, 5.41) is 9.46. The zero-order valence-electron chi connectivity index (χ0n) is 18.5. The van der Waals surface area contributed by atoms with E-state index in [1.807, 2.05) is 23.6 Å². The van der Waals surface area contributed by atoms with Crippen LogP contribution in [0.15, 0.2) is 74.2 Å². The lowest BCUT2D eigenvalue weighted by atomic mass is 9.76. The molecule has 0 atom stereocenters. The number of fused-ring (bicyclic) bond motifs is 1. The molecule has 2 aromatic carbocycles. The van der Waals surface area contributed by atoms with Gasteiger partial charge >= 0.3 is 5.97 Å². The largest absolute Gasteiger partial charge is 0.480 e. The Bertz CT molecular complexity index is 1270. The maximum absolute atomic E-state index is 13.4. The van der Waals surface area contributed by atoms with Crippen molar-refractivity contribution in [3.05, 3.63) is 71.5 Å². The van der Waals surface area contributed by atoms with Crippen molar-refractivity contribution in [3.8, 4) is 0 Å². The Balaban J connectivity index is 1.83. The molecule has 0 saturated carbocycles. The van der Waals surface area contributed by atoms with Gasteiger partial charge in [0.25, 0.3) is 0 Å². The van der Waals surface area contributed by atoms with Crippen molar-refractivity contribution in [2.45, 2.75) is 66.2 Å². The lowest BCUT2D eigenvalue weighted by Gasteiger charge is -2.30. The number of carboxylic acids is 1. The Kier molecular flexibility index (Phi) is 5.98. The lowest BCUT2D eigenvalue weighted by molar-refractivity contribution is -0.137. The van der Waals surface area contributed by atoms with Crippen molar-refractivity contribution in [2.24, 2.45) is 5.41 Å². The van der Waals surface area contributed by atoms with E-state index in [0.29, 0.717) is 4.90 Å². The molecule has 32 heavy (non-hydrogen) atoms. The predicted molar refractivity (Wildman–Crippen MR) is 125 cm³/mol. The van der Waals surface area contributed by atoms with Crippen LogP contribution in [0, 0.1) is 12.3 Å². The van der Waals surface area contributed by atoms with Crippen LogP contribution >= 0.6 is 11.8 Å². The summed E-state index contributed by atoms with van der Waals surface area (Å²) in [4.78, 5) is 13.7. The van der Waals surface area contributed by atoms with Crippen LogP contribution in [0.1, 0.15) is 37.2 Å². The van der Waals surface area contributed by atoms with E-state index in [1.54, 1.807) is 42.5 Å². The number of hydrogen-bond acceptors (Lipinski definition) is 4. The maximum atomic E-state index is 13.4. The monoisotopic (exact) mass is 469 g/mol. The standard InChI is InChI=1S/C25H27NO4S2/c1-17-24(19-15-25(2,3)14-13-20(19)26(17)16-23(27)28)31-21-11-7-8-12-22(21)32(29,30)18-9-5-4-6-10-18/h4-12H,13-16H2,1-3H3,(H,27,28). The summed E-state index contributed by atoms with van der Waals surface area (Å²) in [5.74, 6) is -0.876. The average Bonchev–Trinajstić information content (AvgIpc) is 2.98. The summed E-state index contributed by atoms with van der Waals surface area (Å²) in [7, 11) is -3.68. The van der Waals surface area contributed by atoms with Crippen LogP contribution in [0.25, 0.3) is 0 Å². The Morgan fingerprint density at radius 1 is 1.09 bits per heavy atom. The Hall–Kier alpha value is -2.51. The molecule has 3 aromatic rings. The summed E-state index contributed by atoms with van der Waals surface area (Å²) >= 11 is 1.43. The summed E-state index contributed by atoms with van der Waals surface area (Å²) in [6.07, 6.45) is 2.65. The van der Waals surface area contributed by atoms with E-state index in [2.05, 4.69) is 13.8 Å². The molecule has 0 aliphatic heterocycles. The molecule has 1 N–H and O–H groups in total. The molecule has 0 amide bonds. The van der Waals surface area contributed by atoms with Gasteiger partial charge in [-0.2, -0.15) is 0 Å². The van der Waals surface area contributed by atoms with E-state index in [0.717, 1.165) is 41.1 Å². The molecule has 7 heteroatoms. The van der Waals surface area contributed by atoms with Gasteiger partial charge in [0.2, 0.25) is 9.84 Å². The number of rotatable bonds is 6. The minimum atomic E-state index is -3.68. The van der Waals surface area contributed by atoms with Gasteiger partial charge in [-0.05, 0) is 61.4 Å². The number of aromatic nitrogens is 1. The summed E-state index contributed by atoms with van der Waals surface area (Å²) < 4.78 is 28.6. The normalized spacial score (nSPS) is 15.3. The van der Waals surface area contributed by atoms with Crippen molar-refractivity contribution in [2.75, 3.05) is 0 Å². The maximum Gasteiger partial charge on any atom is 0.323 e. The quantitative estimate of drug-likeness (QED) is 0.524. The molecule has 1 aliphatic rings. The van der Waals surface area contributed by atoms with Crippen LogP contribution in [-0.2, 0) is 34.0 Å². The zero-order valence-corrected chi connectivity index (χ0v) is 20.1. The van der Waals surface area contributed by atoms with Crippen LogP contribution in [0.4, 0.5) is 0 Å². The van der Waals surface area contributed by atoms with Gasteiger partial charge in [0, 0.05) is 21.2 Å². The SMILES string of the molecule is Cc1c(Sc2ccccc2S(=O)(=O)c2ccccc2)c2c(n1CC(=O)O)CCC(C)(C)C2. The highest BCUT2D eigenvalue weighted by Gasteiger charge is 2.33. The van der Waals surface area contributed by atoms with Crippen LogP contribution in [0.3, 0.4) is 0 Å². The number of sulfone groups is 1. The molecule has 4 rings (SSSR count). The first-order chi connectivity index (χ1) is 15.1. The third-order valence-electron chi connectivity index (χ3n) is 6.07. The third-order valence-corrected chi connectivity index (χ3v) is 9.35. The van der Waals surface area contributed by atoms with Gasteiger partial charge in [0.05, 0.1) is 9.79 Å². The molecule has 0 radical (unpaired) electrons. The Labute approximate surface area is 193 Å². The van der Waals surface area contributed by atoms with Gasteiger partial charge in [-0.3, -0.25) is 4.79 Å². The van der Waals surface area contributed by atoms with Gasteiger partial charge in [0.1, 0.15) is 6.54 Å². The van der Waals surface area contributed by atoms with Gasteiger partial charge in [0.15, 0.2) is 0 Å². The van der Waals surface area contributed by atoms with Crippen LogP contribution in [0.5, 0.6) is 0 Å². The van der Waals surface area contributed by atoms with Crippen molar-refractivity contribution >= 4 is 27.6 Å². The van der Waals surface area contributed by atoms with Crippen LogP contribution < -0.4 is 0 Å². The van der Waals surface area contributed by atoms with E-state index in [-0.39, 0.29) is 21.8 Å².